The molecule has 2 N–H and O–H groups in total. The molecule has 4 heterocycles. The highest BCUT2D eigenvalue weighted by atomic mass is 35.5. The Morgan fingerprint density at radius 3 is 2.72 bits per heavy atom. The van der Waals surface area contributed by atoms with Crippen LogP contribution in [0, 0.1) is 0 Å². The lowest BCUT2D eigenvalue weighted by atomic mass is 9.96. The fourth-order valence-electron chi connectivity index (χ4n) is 4.91. The zero-order chi connectivity index (χ0) is 21.9. The number of aromatic amines is 1. The Bertz CT molecular complexity index is 1150. The maximum atomic E-state index is 9.92. The first-order chi connectivity index (χ1) is 15.6. The van der Waals surface area contributed by atoms with Gasteiger partial charge in [-0.3, -0.25) is 0 Å². The molecule has 1 aliphatic carbocycles. The van der Waals surface area contributed by atoms with Gasteiger partial charge in [-0.25, -0.2) is 4.98 Å². The molecule has 3 aromatic rings. The highest BCUT2D eigenvalue weighted by Crippen LogP contribution is 2.50. The van der Waals surface area contributed by atoms with Crippen molar-refractivity contribution in [3.05, 3.63) is 47.0 Å². The molecule has 0 radical (unpaired) electrons. The summed E-state index contributed by atoms with van der Waals surface area (Å²) >= 11 is 8.52. The number of aromatic nitrogens is 2. The SMILES string of the molecule is CSCC1(c2ccc(-c3nc4cc(OC5COC6C(O)COC56)[nH]c4cc3Cl)cc2)CC1. The summed E-state index contributed by atoms with van der Waals surface area (Å²) in [6.45, 7) is 0.658. The van der Waals surface area contributed by atoms with E-state index in [0.29, 0.717) is 22.9 Å². The lowest BCUT2D eigenvalue weighted by Gasteiger charge is -2.16. The zero-order valence-corrected chi connectivity index (χ0v) is 19.3. The lowest BCUT2D eigenvalue weighted by molar-refractivity contribution is 0.00794. The molecule has 2 saturated heterocycles. The molecule has 4 unspecified atom stereocenters. The first-order valence-corrected chi connectivity index (χ1v) is 12.7. The van der Waals surface area contributed by atoms with E-state index in [4.69, 9.17) is 30.8 Å². The van der Waals surface area contributed by atoms with Gasteiger partial charge in [0.25, 0.3) is 0 Å². The fourth-order valence-corrected chi connectivity index (χ4v) is 6.17. The number of H-pyrrole nitrogens is 1. The second-order valence-electron chi connectivity index (χ2n) is 9.00. The molecular formula is C24H25ClN2O4S. The molecule has 8 heteroatoms. The summed E-state index contributed by atoms with van der Waals surface area (Å²) in [5, 5.41) is 10.5. The van der Waals surface area contributed by atoms with Gasteiger partial charge in [-0.1, -0.05) is 35.9 Å². The average Bonchev–Trinajstić information content (AvgIpc) is 3.11. The minimum absolute atomic E-state index is 0.261. The maximum absolute atomic E-state index is 9.92. The van der Waals surface area contributed by atoms with Crippen LogP contribution in [-0.4, -0.2) is 64.7 Å². The topological polar surface area (TPSA) is 76.6 Å². The van der Waals surface area contributed by atoms with Crippen LogP contribution < -0.4 is 4.74 Å². The average molecular weight is 473 g/mol. The maximum Gasteiger partial charge on any atom is 0.193 e. The molecule has 6 rings (SSSR count). The summed E-state index contributed by atoms with van der Waals surface area (Å²) in [4.78, 5) is 8.05. The van der Waals surface area contributed by atoms with Gasteiger partial charge in [-0.2, -0.15) is 11.8 Å². The molecule has 0 bridgehead atoms. The number of pyridine rings is 1. The molecule has 2 aliphatic heterocycles. The third-order valence-electron chi connectivity index (χ3n) is 6.84. The Hall–Kier alpha value is -1.77. The molecule has 0 spiro atoms. The van der Waals surface area contributed by atoms with E-state index >= 15 is 0 Å². The quantitative estimate of drug-likeness (QED) is 0.560. The van der Waals surface area contributed by atoms with Gasteiger partial charge >= 0.3 is 0 Å². The minimum atomic E-state index is -0.596. The van der Waals surface area contributed by atoms with Gasteiger partial charge < -0.3 is 24.3 Å². The molecule has 4 atom stereocenters. The van der Waals surface area contributed by atoms with Crippen LogP contribution in [0.5, 0.6) is 5.88 Å². The molecule has 3 aliphatic rings. The van der Waals surface area contributed by atoms with E-state index < -0.39 is 6.10 Å². The summed E-state index contributed by atoms with van der Waals surface area (Å²) in [6.07, 6.45) is 3.25. The van der Waals surface area contributed by atoms with E-state index in [2.05, 4.69) is 35.5 Å². The van der Waals surface area contributed by atoms with Crippen molar-refractivity contribution < 1.29 is 19.3 Å². The van der Waals surface area contributed by atoms with Crippen LogP contribution in [0.2, 0.25) is 5.02 Å². The number of aliphatic hydroxyl groups excluding tert-OH is 1. The van der Waals surface area contributed by atoms with Crippen LogP contribution >= 0.6 is 23.4 Å². The van der Waals surface area contributed by atoms with Gasteiger partial charge in [-0.05, 0) is 30.7 Å². The van der Waals surface area contributed by atoms with Crippen LogP contribution in [0.4, 0.5) is 0 Å². The summed E-state index contributed by atoms with van der Waals surface area (Å²) in [5.74, 6) is 1.75. The Balaban J connectivity index is 1.24. The van der Waals surface area contributed by atoms with Crippen molar-refractivity contribution in [1.29, 1.82) is 0 Å². The van der Waals surface area contributed by atoms with Crippen molar-refractivity contribution in [3.8, 4) is 17.1 Å². The number of thioether (sulfide) groups is 1. The van der Waals surface area contributed by atoms with Gasteiger partial charge in [0, 0.05) is 22.8 Å². The molecule has 32 heavy (non-hydrogen) atoms. The van der Waals surface area contributed by atoms with Gasteiger partial charge in [0.1, 0.15) is 18.3 Å². The molecule has 168 valence electrons. The van der Waals surface area contributed by atoms with E-state index in [9.17, 15) is 5.11 Å². The van der Waals surface area contributed by atoms with Gasteiger partial charge in [0.15, 0.2) is 12.0 Å². The molecule has 1 aromatic carbocycles. The highest BCUT2D eigenvalue weighted by molar-refractivity contribution is 7.98. The summed E-state index contributed by atoms with van der Waals surface area (Å²) in [6, 6.07) is 12.5. The Kier molecular flexibility index (Phi) is 5.15. The molecule has 1 saturated carbocycles. The van der Waals surface area contributed by atoms with Crippen molar-refractivity contribution in [2.75, 3.05) is 25.2 Å². The van der Waals surface area contributed by atoms with Crippen LogP contribution in [0.3, 0.4) is 0 Å². The Morgan fingerprint density at radius 1 is 1.19 bits per heavy atom. The van der Waals surface area contributed by atoms with Gasteiger partial charge in [0.05, 0.1) is 35.0 Å². The molecule has 0 amide bonds. The minimum Gasteiger partial charge on any atom is -0.470 e. The van der Waals surface area contributed by atoms with Gasteiger partial charge in [-0.15, -0.1) is 0 Å². The van der Waals surface area contributed by atoms with Gasteiger partial charge in [0.2, 0.25) is 0 Å². The van der Waals surface area contributed by atoms with Crippen molar-refractivity contribution in [1.82, 2.24) is 9.97 Å². The van der Waals surface area contributed by atoms with Crippen molar-refractivity contribution in [2.45, 2.75) is 42.7 Å². The zero-order valence-electron chi connectivity index (χ0n) is 17.7. The smallest absolute Gasteiger partial charge is 0.193 e. The summed E-state index contributed by atoms with van der Waals surface area (Å²) < 4.78 is 17.4. The first-order valence-electron chi connectivity index (χ1n) is 10.9. The molecule has 2 aromatic heterocycles. The standard InChI is InChI=1S/C24H25ClN2O4S/c1-32-12-24(6-7-24)14-4-2-13(3-5-14)21-15(25)8-16-17(27-21)9-20(26-16)31-19-11-30-22-18(28)10-29-23(19)22/h2-5,8-9,18-19,22-23,26,28H,6-7,10-12H2,1H3. The number of hydrogen-bond donors (Lipinski definition) is 2. The number of hydrogen-bond acceptors (Lipinski definition) is 6. The summed E-state index contributed by atoms with van der Waals surface area (Å²) in [5.41, 5.74) is 5.12. The van der Waals surface area contributed by atoms with E-state index in [1.165, 1.54) is 24.2 Å². The van der Waals surface area contributed by atoms with E-state index in [0.717, 1.165) is 22.3 Å². The summed E-state index contributed by atoms with van der Waals surface area (Å²) in [7, 11) is 0. The number of benzene rings is 1. The normalized spacial score (nSPS) is 28.2. The third kappa shape index (κ3) is 3.51. The van der Waals surface area contributed by atoms with Crippen LogP contribution in [0.1, 0.15) is 18.4 Å². The third-order valence-corrected chi connectivity index (χ3v) is 7.97. The first kappa shape index (κ1) is 20.8. The fraction of sp³-hybridized carbons (Fsp3) is 0.458. The number of aliphatic hydroxyl groups is 1. The largest absolute Gasteiger partial charge is 0.470 e. The number of fused-ring (bicyclic) bond motifs is 2. The number of rotatable bonds is 6. The molecular weight excluding hydrogens is 448 g/mol. The lowest BCUT2D eigenvalue weighted by Crippen LogP contribution is -2.34. The number of ether oxygens (including phenoxy) is 3. The number of nitrogens with zero attached hydrogens (tertiary/aromatic N) is 1. The van der Waals surface area contributed by atoms with E-state index in [1.807, 2.05) is 23.9 Å². The van der Waals surface area contributed by atoms with Crippen LogP contribution in [0.15, 0.2) is 36.4 Å². The Morgan fingerprint density at radius 2 is 1.97 bits per heavy atom. The van der Waals surface area contributed by atoms with Crippen molar-refractivity contribution in [2.24, 2.45) is 0 Å². The predicted octanol–water partition coefficient (Wildman–Crippen LogP) is 4.18. The Labute approximate surface area is 195 Å². The second kappa shape index (κ2) is 7.92. The van der Waals surface area contributed by atoms with E-state index in [1.54, 1.807) is 0 Å². The monoisotopic (exact) mass is 472 g/mol. The molecule has 3 fully saturated rings. The highest BCUT2D eigenvalue weighted by Gasteiger charge is 2.48. The van der Waals surface area contributed by atoms with Crippen molar-refractivity contribution >= 4 is 34.4 Å². The van der Waals surface area contributed by atoms with Crippen LogP contribution in [0.25, 0.3) is 22.3 Å². The predicted molar refractivity (Wildman–Crippen MR) is 126 cm³/mol. The molecule has 6 nitrogen and oxygen atoms in total. The number of nitrogens with one attached hydrogen (secondary N) is 1. The van der Waals surface area contributed by atoms with Crippen molar-refractivity contribution in [3.63, 3.8) is 0 Å². The van der Waals surface area contributed by atoms with E-state index in [-0.39, 0.29) is 24.9 Å². The van der Waals surface area contributed by atoms with Crippen LogP contribution in [-0.2, 0) is 14.9 Å². The number of halogens is 1. The second-order valence-corrected chi connectivity index (χ2v) is 10.3.